The lowest BCUT2D eigenvalue weighted by molar-refractivity contribution is 0.491. The number of H-pyrrole nitrogens is 1. The SMILES string of the molecule is CSc1c(-c2cccc(Cl)c2)[nH]n2c(=O)cc(CSc3cccc(F)c3F)nc12. The highest BCUT2D eigenvalue weighted by Crippen LogP contribution is 2.33. The van der Waals surface area contributed by atoms with E-state index in [2.05, 4.69) is 10.1 Å². The summed E-state index contributed by atoms with van der Waals surface area (Å²) in [5.41, 5.74) is 2.26. The molecule has 4 aromatic rings. The van der Waals surface area contributed by atoms with E-state index in [1.807, 2.05) is 18.4 Å². The molecule has 0 spiro atoms. The fourth-order valence-electron chi connectivity index (χ4n) is 2.92. The highest BCUT2D eigenvalue weighted by molar-refractivity contribution is 7.99. The van der Waals surface area contributed by atoms with Crippen LogP contribution in [0, 0.1) is 11.6 Å². The molecule has 2 aromatic heterocycles. The smallest absolute Gasteiger partial charge is 0.272 e. The zero-order valence-corrected chi connectivity index (χ0v) is 17.5. The molecular weight excluding hydrogens is 436 g/mol. The van der Waals surface area contributed by atoms with Gasteiger partial charge in [0, 0.05) is 27.3 Å². The second-order valence-corrected chi connectivity index (χ2v) is 8.39. The van der Waals surface area contributed by atoms with Gasteiger partial charge in [-0.15, -0.1) is 23.5 Å². The third-order valence-electron chi connectivity index (χ3n) is 4.23. The minimum atomic E-state index is -0.903. The van der Waals surface area contributed by atoms with E-state index in [9.17, 15) is 13.6 Å². The molecule has 4 rings (SSSR count). The Balaban J connectivity index is 1.74. The van der Waals surface area contributed by atoms with E-state index in [4.69, 9.17) is 11.6 Å². The second-order valence-electron chi connectivity index (χ2n) is 6.12. The Morgan fingerprint density at radius 3 is 2.72 bits per heavy atom. The molecule has 0 saturated carbocycles. The molecule has 0 amide bonds. The summed E-state index contributed by atoms with van der Waals surface area (Å²) in [5.74, 6) is -1.57. The number of nitrogens with zero attached hydrogens (tertiary/aromatic N) is 2. The van der Waals surface area contributed by atoms with Gasteiger partial charge in [0.1, 0.15) is 0 Å². The standard InChI is InChI=1S/C20H14ClF2N3OS2/c1-28-19-18(11-4-2-5-12(21)8-11)25-26-16(27)9-13(24-20(19)26)10-29-15-7-3-6-14(22)17(15)23/h2-9,25H,10H2,1H3. The molecular formula is C20H14ClF2N3OS2. The lowest BCUT2D eigenvalue weighted by Gasteiger charge is -2.04. The minimum Gasteiger partial charge on any atom is -0.288 e. The van der Waals surface area contributed by atoms with Crippen LogP contribution in [0.1, 0.15) is 5.69 Å². The fourth-order valence-corrected chi connectivity index (χ4v) is 4.65. The maximum Gasteiger partial charge on any atom is 0.272 e. The molecule has 0 aliphatic rings. The number of fused-ring (bicyclic) bond motifs is 1. The largest absolute Gasteiger partial charge is 0.288 e. The lowest BCUT2D eigenvalue weighted by atomic mass is 10.1. The summed E-state index contributed by atoms with van der Waals surface area (Å²) in [7, 11) is 0. The number of halogens is 3. The van der Waals surface area contributed by atoms with Gasteiger partial charge in [-0.1, -0.05) is 29.8 Å². The number of hydrogen-bond donors (Lipinski definition) is 1. The van der Waals surface area contributed by atoms with E-state index in [1.165, 1.54) is 34.5 Å². The van der Waals surface area contributed by atoms with Crippen molar-refractivity contribution in [1.29, 1.82) is 0 Å². The third-order valence-corrected chi connectivity index (χ3v) is 6.33. The van der Waals surface area contributed by atoms with Gasteiger partial charge in [0.05, 0.1) is 16.3 Å². The van der Waals surface area contributed by atoms with Crippen LogP contribution in [-0.2, 0) is 5.75 Å². The van der Waals surface area contributed by atoms with Crippen LogP contribution in [0.2, 0.25) is 5.02 Å². The summed E-state index contributed by atoms with van der Waals surface area (Å²) in [6, 6.07) is 12.7. The van der Waals surface area contributed by atoms with Crippen molar-refractivity contribution in [2.45, 2.75) is 15.5 Å². The van der Waals surface area contributed by atoms with Crippen molar-refractivity contribution in [3.63, 3.8) is 0 Å². The number of rotatable bonds is 5. The first-order chi connectivity index (χ1) is 14.0. The number of thioether (sulfide) groups is 2. The molecule has 4 nitrogen and oxygen atoms in total. The molecule has 0 fully saturated rings. The highest BCUT2D eigenvalue weighted by Gasteiger charge is 2.17. The van der Waals surface area contributed by atoms with E-state index in [-0.39, 0.29) is 16.2 Å². The first kappa shape index (κ1) is 20.0. The van der Waals surface area contributed by atoms with Crippen LogP contribution in [0.4, 0.5) is 8.78 Å². The maximum atomic E-state index is 13.9. The van der Waals surface area contributed by atoms with Gasteiger partial charge in [0.15, 0.2) is 17.3 Å². The van der Waals surface area contributed by atoms with Crippen LogP contribution in [0.15, 0.2) is 63.1 Å². The van der Waals surface area contributed by atoms with Crippen molar-refractivity contribution in [2.75, 3.05) is 6.26 Å². The summed E-state index contributed by atoms with van der Waals surface area (Å²) < 4.78 is 28.6. The number of aromatic amines is 1. The normalized spacial score (nSPS) is 11.3. The fraction of sp³-hybridized carbons (Fsp3) is 0.100. The summed E-state index contributed by atoms with van der Waals surface area (Å²) in [4.78, 5) is 18.2. The van der Waals surface area contributed by atoms with Gasteiger partial charge < -0.3 is 0 Å². The Labute approximate surface area is 178 Å². The molecule has 0 bridgehead atoms. The number of aromatic nitrogens is 3. The van der Waals surface area contributed by atoms with Crippen LogP contribution in [0.25, 0.3) is 16.9 Å². The zero-order chi connectivity index (χ0) is 20.5. The molecule has 148 valence electrons. The molecule has 1 N–H and O–H groups in total. The van der Waals surface area contributed by atoms with E-state index in [1.54, 1.807) is 12.1 Å². The average Bonchev–Trinajstić information content (AvgIpc) is 3.08. The van der Waals surface area contributed by atoms with Gasteiger partial charge in [0.25, 0.3) is 5.56 Å². The van der Waals surface area contributed by atoms with Crippen LogP contribution < -0.4 is 5.56 Å². The molecule has 2 aromatic carbocycles. The monoisotopic (exact) mass is 449 g/mol. The molecule has 0 saturated heterocycles. The second kappa shape index (κ2) is 8.22. The van der Waals surface area contributed by atoms with Gasteiger partial charge in [-0.05, 0) is 30.5 Å². The molecule has 0 radical (unpaired) electrons. The van der Waals surface area contributed by atoms with Crippen molar-refractivity contribution in [1.82, 2.24) is 14.6 Å². The molecule has 0 aliphatic heterocycles. The van der Waals surface area contributed by atoms with Crippen molar-refractivity contribution in [3.8, 4) is 11.3 Å². The predicted octanol–water partition coefficient (Wildman–Crippen LogP) is 5.64. The molecule has 0 atom stereocenters. The molecule has 2 heterocycles. The Hall–Kier alpha value is -2.29. The summed E-state index contributed by atoms with van der Waals surface area (Å²) in [5, 5.41) is 3.68. The van der Waals surface area contributed by atoms with Crippen LogP contribution in [0.3, 0.4) is 0 Å². The van der Waals surface area contributed by atoms with Crippen LogP contribution in [-0.4, -0.2) is 20.9 Å². The van der Waals surface area contributed by atoms with Crippen molar-refractivity contribution < 1.29 is 8.78 Å². The summed E-state index contributed by atoms with van der Waals surface area (Å²) in [6.45, 7) is 0. The first-order valence-electron chi connectivity index (χ1n) is 8.49. The number of benzene rings is 2. The minimum absolute atomic E-state index is 0.172. The number of nitrogens with one attached hydrogen (secondary N) is 1. The molecule has 0 aliphatic carbocycles. The number of hydrogen-bond acceptors (Lipinski definition) is 4. The molecule has 0 unspecified atom stereocenters. The zero-order valence-electron chi connectivity index (χ0n) is 15.1. The Kier molecular flexibility index (Phi) is 5.67. The van der Waals surface area contributed by atoms with Crippen molar-refractivity contribution in [3.05, 3.63) is 81.2 Å². The average molecular weight is 450 g/mol. The van der Waals surface area contributed by atoms with Crippen molar-refractivity contribution >= 4 is 40.8 Å². The van der Waals surface area contributed by atoms with E-state index < -0.39 is 11.6 Å². The molecule has 29 heavy (non-hydrogen) atoms. The lowest BCUT2D eigenvalue weighted by Crippen LogP contribution is -2.15. The van der Waals surface area contributed by atoms with E-state index in [0.29, 0.717) is 16.4 Å². The quantitative estimate of drug-likeness (QED) is 0.401. The third kappa shape index (κ3) is 3.92. The van der Waals surface area contributed by atoms with Gasteiger partial charge in [-0.3, -0.25) is 9.89 Å². The Bertz CT molecular complexity index is 1270. The highest BCUT2D eigenvalue weighted by atomic mass is 35.5. The van der Waals surface area contributed by atoms with Crippen LogP contribution in [0.5, 0.6) is 0 Å². The molecule has 9 heteroatoms. The summed E-state index contributed by atoms with van der Waals surface area (Å²) in [6.07, 6.45) is 1.90. The maximum absolute atomic E-state index is 13.9. The topological polar surface area (TPSA) is 50.2 Å². The first-order valence-corrected chi connectivity index (χ1v) is 11.1. The van der Waals surface area contributed by atoms with Gasteiger partial charge in [-0.25, -0.2) is 13.8 Å². The van der Waals surface area contributed by atoms with Crippen LogP contribution >= 0.6 is 35.1 Å². The van der Waals surface area contributed by atoms with Gasteiger partial charge >= 0.3 is 0 Å². The predicted molar refractivity (Wildman–Crippen MR) is 114 cm³/mol. The van der Waals surface area contributed by atoms with E-state index >= 15 is 0 Å². The summed E-state index contributed by atoms with van der Waals surface area (Å²) >= 11 is 8.65. The van der Waals surface area contributed by atoms with Gasteiger partial charge in [0.2, 0.25) is 0 Å². The van der Waals surface area contributed by atoms with Crippen molar-refractivity contribution in [2.24, 2.45) is 0 Å². The Morgan fingerprint density at radius 1 is 1.17 bits per heavy atom. The van der Waals surface area contributed by atoms with Gasteiger partial charge in [-0.2, -0.15) is 4.52 Å². The van der Waals surface area contributed by atoms with E-state index in [0.717, 1.165) is 34.0 Å². The Morgan fingerprint density at radius 2 is 1.97 bits per heavy atom.